The molecular formula is C19H26FN3O2. The Labute approximate surface area is 148 Å². The quantitative estimate of drug-likeness (QED) is 0.858. The fourth-order valence-corrected chi connectivity index (χ4v) is 3.19. The largest absolute Gasteiger partial charge is 0.356 e. The van der Waals surface area contributed by atoms with Crippen LogP contribution in [0.4, 0.5) is 14.9 Å². The fourth-order valence-electron chi connectivity index (χ4n) is 3.19. The number of nitrogens with zero attached hydrogens (tertiary/aromatic N) is 1. The number of rotatable bonds is 5. The molecule has 25 heavy (non-hydrogen) atoms. The summed E-state index contributed by atoms with van der Waals surface area (Å²) in [6, 6.07) is 4.55. The van der Waals surface area contributed by atoms with Crippen molar-refractivity contribution in [2.24, 2.45) is 11.8 Å². The summed E-state index contributed by atoms with van der Waals surface area (Å²) in [6.07, 6.45) is 4.91. The van der Waals surface area contributed by atoms with Gasteiger partial charge in [-0.25, -0.2) is 9.18 Å². The molecule has 1 aliphatic heterocycles. The molecule has 0 aromatic heterocycles. The van der Waals surface area contributed by atoms with E-state index in [1.807, 2.05) is 0 Å². The smallest absolute Gasteiger partial charge is 0.321 e. The number of benzene rings is 1. The van der Waals surface area contributed by atoms with Gasteiger partial charge >= 0.3 is 6.03 Å². The number of aryl methyl sites for hydroxylation is 1. The molecule has 3 amide bonds. The maximum Gasteiger partial charge on any atom is 0.321 e. The maximum atomic E-state index is 13.6. The van der Waals surface area contributed by atoms with Crippen molar-refractivity contribution in [3.05, 3.63) is 29.6 Å². The van der Waals surface area contributed by atoms with Crippen LogP contribution in [0.1, 0.15) is 37.7 Å². The van der Waals surface area contributed by atoms with E-state index in [1.54, 1.807) is 24.0 Å². The van der Waals surface area contributed by atoms with E-state index in [2.05, 4.69) is 10.6 Å². The van der Waals surface area contributed by atoms with E-state index in [9.17, 15) is 14.0 Å². The van der Waals surface area contributed by atoms with E-state index in [1.165, 1.54) is 6.07 Å². The zero-order valence-corrected chi connectivity index (χ0v) is 14.7. The highest BCUT2D eigenvalue weighted by Crippen LogP contribution is 2.29. The molecule has 2 N–H and O–H groups in total. The second-order valence-electron chi connectivity index (χ2n) is 7.18. The maximum absolute atomic E-state index is 13.6. The minimum Gasteiger partial charge on any atom is -0.356 e. The fraction of sp³-hybridized carbons (Fsp3) is 0.579. The van der Waals surface area contributed by atoms with Crippen molar-refractivity contribution in [2.45, 2.75) is 39.0 Å². The van der Waals surface area contributed by atoms with E-state index in [0.29, 0.717) is 30.3 Å². The van der Waals surface area contributed by atoms with Crippen LogP contribution >= 0.6 is 0 Å². The van der Waals surface area contributed by atoms with Crippen molar-refractivity contribution >= 4 is 17.6 Å². The predicted octanol–water partition coefficient (Wildman–Crippen LogP) is 3.29. The molecule has 0 atom stereocenters. The molecular weight excluding hydrogens is 321 g/mol. The predicted molar refractivity (Wildman–Crippen MR) is 94.8 cm³/mol. The van der Waals surface area contributed by atoms with Gasteiger partial charge in [0.1, 0.15) is 5.82 Å². The minimum absolute atomic E-state index is 0.177. The van der Waals surface area contributed by atoms with Gasteiger partial charge in [-0.2, -0.15) is 0 Å². The number of carbonyl (C=O) groups excluding carboxylic acids is 2. The first-order valence-electron chi connectivity index (χ1n) is 9.12. The first-order chi connectivity index (χ1) is 12.0. The third-order valence-electron chi connectivity index (χ3n) is 5.12. The van der Waals surface area contributed by atoms with Gasteiger partial charge in [0.25, 0.3) is 0 Å². The van der Waals surface area contributed by atoms with E-state index in [-0.39, 0.29) is 23.7 Å². The lowest BCUT2D eigenvalue weighted by Crippen LogP contribution is -2.41. The van der Waals surface area contributed by atoms with E-state index in [4.69, 9.17) is 0 Å². The van der Waals surface area contributed by atoms with Crippen LogP contribution in [0, 0.1) is 24.6 Å². The third-order valence-corrected chi connectivity index (χ3v) is 5.12. The van der Waals surface area contributed by atoms with Crippen molar-refractivity contribution in [3.63, 3.8) is 0 Å². The minimum atomic E-state index is -0.315. The summed E-state index contributed by atoms with van der Waals surface area (Å²) in [6.45, 7) is 3.82. The van der Waals surface area contributed by atoms with Gasteiger partial charge in [-0.1, -0.05) is 6.07 Å². The molecule has 5 nitrogen and oxygen atoms in total. The van der Waals surface area contributed by atoms with Crippen LogP contribution in [0.15, 0.2) is 18.2 Å². The van der Waals surface area contributed by atoms with Gasteiger partial charge in [-0.05, 0) is 62.6 Å². The average molecular weight is 347 g/mol. The van der Waals surface area contributed by atoms with E-state index in [0.717, 1.165) is 38.6 Å². The molecule has 136 valence electrons. The Morgan fingerprint density at radius 3 is 2.56 bits per heavy atom. The lowest BCUT2D eigenvalue weighted by Gasteiger charge is -2.32. The third kappa shape index (κ3) is 4.94. The Bertz CT molecular complexity index is 638. The molecule has 0 radical (unpaired) electrons. The van der Waals surface area contributed by atoms with Gasteiger partial charge in [0, 0.05) is 31.2 Å². The Hall–Kier alpha value is -2.11. The Morgan fingerprint density at radius 1 is 1.20 bits per heavy atom. The van der Waals surface area contributed by atoms with Crippen LogP contribution in [0.2, 0.25) is 0 Å². The highest BCUT2D eigenvalue weighted by atomic mass is 19.1. The second kappa shape index (κ2) is 7.85. The summed E-state index contributed by atoms with van der Waals surface area (Å²) in [5.41, 5.74) is 1.05. The monoisotopic (exact) mass is 347 g/mol. The first-order valence-corrected chi connectivity index (χ1v) is 9.12. The first kappa shape index (κ1) is 17.7. The summed E-state index contributed by atoms with van der Waals surface area (Å²) in [7, 11) is 0. The Kier molecular flexibility index (Phi) is 5.56. The molecule has 1 aromatic carbocycles. The highest BCUT2D eigenvalue weighted by molar-refractivity contribution is 5.89. The number of halogens is 1. The van der Waals surface area contributed by atoms with Crippen LogP contribution in [0.25, 0.3) is 0 Å². The average Bonchev–Trinajstić information content (AvgIpc) is 3.44. The van der Waals surface area contributed by atoms with Gasteiger partial charge in [0.15, 0.2) is 0 Å². The van der Waals surface area contributed by atoms with E-state index >= 15 is 0 Å². The molecule has 0 unspecified atom stereocenters. The molecule has 2 fully saturated rings. The number of urea groups is 1. The van der Waals surface area contributed by atoms with Gasteiger partial charge in [0.05, 0.1) is 0 Å². The van der Waals surface area contributed by atoms with Crippen molar-refractivity contribution in [1.29, 1.82) is 0 Å². The summed E-state index contributed by atoms with van der Waals surface area (Å²) < 4.78 is 13.6. The number of hydrogen-bond donors (Lipinski definition) is 2. The molecule has 1 aromatic rings. The normalized spacial score (nSPS) is 18.1. The van der Waals surface area contributed by atoms with Crippen LogP contribution in [-0.4, -0.2) is 36.5 Å². The number of likely N-dealkylation sites (tertiary alicyclic amines) is 1. The molecule has 6 heteroatoms. The van der Waals surface area contributed by atoms with Crippen LogP contribution in [0.5, 0.6) is 0 Å². The molecule has 2 aliphatic rings. The molecule has 0 spiro atoms. The van der Waals surface area contributed by atoms with Crippen LogP contribution < -0.4 is 10.6 Å². The summed E-state index contributed by atoms with van der Waals surface area (Å²) >= 11 is 0. The number of piperidine rings is 1. The zero-order valence-electron chi connectivity index (χ0n) is 14.7. The number of hydrogen-bond acceptors (Lipinski definition) is 2. The molecule has 1 heterocycles. The van der Waals surface area contributed by atoms with Crippen molar-refractivity contribution in [2.75, 3.05) is 25.0 Å². The summed E-state index contributed by atoms with van der Waals surface area (Å²) in [5.74, 6) is 0.685. The van der Waals surface area contributed by atoms with Crippen LogP contribution in [-0.2, 0) is 4.79 Å². The van der Waals surface area contributed by atoms with Gasteiger partial charge < -0.3 is 15.5 Å². The highest BCUT2D eigenvalue weighted by Gasteiger charge is 2.29. The SMILES string of the molecule is Cc1ccc(NC(=O)N2CCC(CCNC(=O)C3CC3)CC2)cc1F. The molecule has 0 bridgehead atoms. The number of carbonyl (C=O) groups is 2. The molecule has 1 saturated heterocycles. The van der Waals surface area contributed by atoms with Crippen molar-refractivity contribution in [1.82, 2.24) is 10.2 Å². The standard InChI is InChI=1S/C19H26FN3O2/c1-13-2-5-16(12-17(13)20)22-19(25)23-10-7-14(8-11-23)6-9-21-18(24)15-3-4-15/h2,5,12,14-15H,3-4,6-11H2,1H3,(H,21,24)(H,22,25). The van der Waals surface area contributed by atoms with Crippen molar-refractivity contribution < 1.29 is 14.0 Å². The summed E-state index contributed by atoms with van der Waals surface area (Å²) in [4.78, 5) is 25.7. The summed E-state index contributed by atoms with van der Waals surface area (Å²) in [5, 5.41) is 5.76. The second-order valence-corrected chi connectivity index (χ2v) is 7.18. The topological polar surface area (TPSA) is 61.4 Å². The zero-order chi connectivity index (χ0) is 17.8. The van der Waals surface area contributed by atoms with Gasteiger partial charge in [0.2, 0.25) is 5.91 Å². The number of anilines is 1. The Morgan fingerprint density at radius 2 is 1.92 bits per heavy atom. The molecule has 1 aliphatic carbocycles. The van der Waals surface area contributed by atoms with Crippen molar-refractivity contribution in [3.8, 4) is 0 Å². The van der Waals surface area contributed by atoms with Gasteiger partial charge in [-0.3, -0.25) is 4.79 Å². The molecule has 3 rings (SSSR count). The lowest BCUT2D eigenvalue weighted by atomic mass is 9.93. The Balaban J connectivity index is 1.38. The number of nitrogens with one attached hydrogen (secondary N) is 2. The van der Waals surface area contributed by atoms with Gasteiger partial charge in [-0.15, -0.1) is 0 Å². The number of amides is 3. The lowest BCUT2D eigenvalue weighted by molar-refractivity contribution is -0.122. The van der Waals surface area contributed by atoms with Crippen LogP contribution in [0.3, 0.4) is 0 Å². The van der Waals surface area contributed by atoms with E-state index < -0.39 is 0 Å². The molecule has 1 saturated carbocycles.